The first-order valence-corrected chi connectivity index (χ1v) is 18.8. The largest absolute Gasteiger partial charge is 0.244 e. The highest BCUT2D eigenvalue weighted by molar-refractivity contribution is 5.61. The molecule has 1 heteroatoms. The molecule has 0 nitrogen and oxygen atoms in total. The Morgan fingerprint density at radius 2 is 1.65 bits per heavy atom. The molecule has 0 N–H and O–H groups in total. The lowest BCUT2D eigenvalue weighted by atomic mass is 9.80. The van der Waals surface area contributed by atoms with Crippen LogP contribution in [0.3, 0.4) is 0 Å². The molecule has 0 amide bonds. The Morgan fingerprint density at radius 1 is 1.02 bits per heavy atom. The number of hydrogen-bond acceptors (Lipinski definition) is 0. The molecule has 1 aromatic rings. The van der Waals surface area contributed by atoms with Gasteiger partial charge in [0.25, 0.3) is 0 Å². The fourth-order valence-electron chi connectivity index (χ4n) is 6.43. The van der Waals surface area contributed by atoms with Crippen LogP contribution in [0.5, 0.6) is 0 Å². The second-order valence-corrected chi connectivity index (χ2v) is 14.1. The molecule has 0 aromatic heterocycles. The number of allylic oxidation sites excluding steroid dienone is 11. The number of hydrogen-bond donors (Lipinski definition) is 0. The second-order valence-electron chi connectivity index (χ2n) is 14.1. The first kappa shape index (κ1) is 41.6. The Labute approximate surface area is 286 Å². The van der Waals surface area contributed by atoms with Crippen LogP contribution < -0.4 is 0 Å². The topological polar surface area (TPSA) is 0 Å². The quantitative estimate of drug-likeness (QED) is 0.226. The van der Waals surface area contributed by atoms with E-state index in [9.17, 15) is 4.39 Å². The first-order chi connectivity index (χ1) is 22.0. The minimum absolute atomic E-state index is 0.000877. The highest BCUT2D eigenvalue weighted by atomic mass is 19.1. The van der Waals surface area contributed by atoms with Crippen LogP contribution in [0.1, 0.15) is 163 Å². The molecule has 0 saturated heterocycles. The minimum atomic E-state index is -1.14. The third-order valence-electron chi connectivity index (χ3n) is 9.76. The van der Waals surface area contributed by atoms with E-state index in [0.29, 0.717) is 11.8 Å². The maximum atomic E-state index is 13.9. The molecular weight excluding hydrogens is 559 g/mol. The molecule has 258 valence electrons. The predicted octanol–water partition coefficient (Wildman–Crippen LogP) is 15.1. The molecule has 1 aromatic carbocycles. The summed E-state index contributed by atoms with van der Waals surface area (Å²) in [6, 6.07) is 9.01. The van der Waals surface area contributed by atoms with Crippen molar-refractivity contribution < 1.29 is 4.39 Å². The summed E-state index contributed by atoms with van der Waals surface area (Å²) in [4.78, 5) is 0. The summed E-state index contributed by atoms with van der Waals surface area (Å²) in [5.41, 5.74) is 6.82. The molecule has 46 heavy (non-hydrogen) atoms. The second kappa shape index (κ2) is 23.0. The fraction of sp³-hybridized carbons (Fsp3) is 0.600. The van der Waals surface area contributed by atoms with Gasteiger partial charge < -0.3 is 0 Å². The summed E-state index contributed by atoms with van der Waals surface area (Å²) < 4.78 is 13.9. The maximum absolute atomic E-state index is 13.9. The normalized spacial score (nSPS) is 20.5. The van der Waals surface area contributed by atoms with Gasteiger partial charge in [-0.25, -0.2) is 4.39 Å². The maximum Gasteiger partial charge on any atom is 0.112 e. The van der Waals surface area contributed by atoms with E-state index in [4.69, 9.17) is 0 Å². The van der Waals surface area contributed by atoms with Crippen LogP contribution in [0.25, 0.3) is 5.57 Å². The van der Waals surface area contributed by atoms with Crippen molar-refractivity contribution in [2.24, 2.45) is 17.8 Å². The first-order valence-electron chi connectivity index (χ1n) is 18.8. The van der Waals surface area contributed by atoms with Gasteiger partial charge in [-0.2, -0.15) is 0 Å². The third-order valence-corrected chi connectivity index (χ3v) is 9.76. The van der Waals surface area contributed by atoms with Crippen LogP contribution in [-0.4, -0.2) is 5.67 Å². The van der Waals surface area contributed by atoms with Gasteiger partial charge in [0.2, 0.25) is 0 Å². The van der Waals surface area contributed by atoms with Crippen molar-refractivity contribution in [1.82, 2.24) is 0 Å². The van der Waals surface area contributed by atoms with Crippen LogP contribution in [0, 0.1) is 17.8 Å². The lowest BCUT2D eigenvalue weighted by Crippen LogP contribution is -2.25. The monoisotopic (exact) mass is 631 g/mol. The summed E-state index contributed by atoms with van der Waals surface area (Å²) >= 11 is 0. The summed E-state index contributed by atoms with van der Waals surface area (Å²) in [5, 5.41) is 0. The van der Waals surface area contributed by atoms with Crippen LogP contribution >= 0.6 is 0 Å². The highest BCUT2D eigenvalue weighted by Gasteiger charge is 2.28. The lowest BCUT2D eigenvalue weighted by Gasteiger charge is -2.27. The van der Waals surface area contributed by atoms with Gasteiger partial charge in [-0.1, -0.05) is 171 Å². The number of alkyl halides is 1. The summed E-state index contributed by atoms with van der Waals surface area (Å²) in [5.74, 6) is 2.20. The van der Waals surface area contributed by atoms with E-state index in [-0.39, 0.29) is 5.92 Å². The average Bonchev–Trinajstić information content (AvgIpc) is 3.07. The molecule has 3 aliphatic rings. The predicted molar refractivity (Wildman–Crippen MR) is 207 cm³/mol. The van der Waals surface area contributed by atoms with E-state index in [1.807, 2.05) is 19.9 Å². The van der Waals surface area contributed by atoms with Gasteiger partial charge in [0.05, 0.1) is 0 Å². The number of rotatable bonds is 10. The molecule has 1 saturated carbocycles. The Kier molecular flexibility index (Phi) is 20.8. The van der Waals surface area contributed by atoms with Crippen molar-refractivity contribution in [2.45, 2.75) is 158 Å². The third kappa shape index (κ3) is 15.5. The van der Waals surface area contributed by atoms with E-state index in [0.717, 1.165) is 24.3 Å². The molecule has 0 heterocycles. The van der Waals surface area contributed by atoms with Crippen LogP contribution in [0.15, 0.2) is 90.1 Å². The smallest absolute Gasteiger partial charge is 0.112 e. The van der Waals surface area contributed by atoms with E-state index in [1.165, 1.54) is 92.1 Å². The molecule has 3 atom stereocenters. The van der Waals surface area contributed by atoms with Crippen LogP contribution in [-0.2, 0) is 0 Å². The molecule has 3 aliphatic carbocycles. The van der Waals surface area contributed by atoms with Gasteiger partial charge in [-0.15, -0.1) is 0 Å². The zero-order chi connectivity index (χ0) is 34.5. The molecule has 3 unspecified atom stereocenters. The Morgan fingerprint density at radius 3 is 2.13 bits per heavy atom. The molecule has 4 rings (SSSR count). The van der Waals surface area contributed by atoms with Crippen molar-refractivity contribution >= 4 is 5.57 Å². The molecule has 0 bridgehead atoms. The highest BCUT2D eigenvalue weighted by Crippen LogP contribution is 2.36. The van der Waals surface area contributed by atoms with Crippen molar-refractivity contribution in [3.63, 3.8) is 0 Å². The Bertz CT molecular complexity index is 1120. The zero-order valence-electron chi connectivity index (χ0n) is 31.7. The standard InChI is InChI=1S/C19H25F.C19H28.C5H12.C2H6/c1-5-6-16-13-17(8-7-14(16)2)15-9-11-18(12-10-15)19(3,4)20;1-15(2)18-11-13-19(14-12-18)16(3)9-10-17-7-5-4-6-8-17;1-3-5-4-2;1-2/h5-11,16,18H,12-13H2,1-4H3;11-14,16-17H,1,4-10H2,2-3H3;3-5H2,1-2H3;1-2H3/b6-5-;;;. The van der Waals surface area contributed by atoms with Crippen LogP contribution in [0.4, 0.5) is 4.39 Å². The van der Waals surface area contributed by atoms with Gasteiger partial charge in [-0.3, -0.25) is 0 Å². The summed E-state index contributed by atoms with van der Waals surface area (Å²) in [7, 11) is 0. The number of unbranched alkanes of at least 4 members (excludes halogenated alkanes) is 2. The van der Waals surface area contributed by atoms with Gasteiger partial charge in [0.15, 0.2) is 0 Å². The van der Waals surface area contributed by atoms with E-state index >= 15 is 0 Å². The Hall–Kier alpha value is -2.41. The molecular formula is C45H71F. The molecule has 0 radical (unpaired) electrons. The van der Waals surface area contributed by atoms with Gasteiger partial charge in [-0.05, 0) is 94.4 Å². The number of halogens is 1. The van der Waals surface area contributed by atoms with Crippen LogP contribution in [0.2, 0.25) is 0 Å². The van der Waals surface area contributed by atoms with Gasteiger partial charge in [0, 0.05) is 11.8 Å². The van der Waals surface area contributed by atoms with Gasteiger partial charge >= 0.3 is 0 Å². The minimum Gasteiger partial charge on any atom is -0.244 e. The average molecular weight is 631 g/mol. The SMILES string of the molecule is C/C=C\C1CC(C2=CCC(C(C)(C)F)C=C2)=CC=C1C.C=C(C)c1ccc(C(C)CCC2CCCCC2)cc1.CC.CCCCC. The molecule has 1 fully saturated rings. The summed E-state index contributed by atoms with van der Waals surface area (Å²) in [6.45, 7) is 24.4. The van der Waals surface area contributed by atoms with Crippen molar-refractivity contribution in [3.05, 3.63) is 101 Å². The van der Waals surface area contributed by atoms with Crippen molar-refractivity contribution in [2.75, 3.05) is 0 Å². The lowest BCUT2D eigenvalue weighted by molar-refractivity contribution is 0.154. The van der Waals surface area contributed by atoms with Crippen molar-refractivity contribution in [1.29, 1.82) is 0 Å². The van der Waals surface area contributed by atoms with E-state index < -0.39 is 5.67 Å². The van der Waals surface area contributed by atoms with Crippen molar-refractivity contribution in [3.8, 4) is 0 Å². The summed E-state index contributed by atoms with van der Waals surface area (Å²) in [6.07, 6.45) is 31.2. The number of benzene rings is 1. The zero-order valence-corrected chi connectivity index (χ0v) is 31.7. The van der Waals surface area contributed by atoms with E-state index in [2.05, 4.69) is 109 Å². The molecule has 0 spiro atoms. The Balaban J connectivity index is 0.000000384. The molecule has 0 aliphatic heterocycles. The fourth-order valence-corrected chi connectivity index (χ4v) is 6.43. The van der Waals surface area contributed by atoms with Gasteiger partial charge in [0.1, 0.15) is 5.67 Å². The van der Waals surface area contributed by atoms with E-state index in [1.54, 1.807) is 13.8 Å².